The second-order valence-electron chi connectivity index (χ2n) is 4.52. The van der Waals surface area contributed by atoms with E-state index >= 15 is 0 Å². The van der Waals surface area contributed by atoms with E-state index in [1.807, 2.05) is 11.4 Å². The Balaban J connectivity index is 1.84. The van der Waals surface area contributed by atoms with Gasteiger partial charge in [0.25, 0.3) is 0 Å². The molecule has 0 radical (unpaired) electrons. The Kier molecular flexibility index (Phi) is 4.76. The number of rotatable bonds is 3. The molecule has 2 rings (SSSR count). The molecule has 1 aliphatic rings. The van der Waals surface area contributed by atoms with Gasteiger partial charge in [0.15, 0.2) is 0 Å². The van der Waals surface area contributed by atoms with Gasteiger partial charge in [0.1, 0.15) is 0 Å². The van der Waals surface area contributed by atoms with Crippen LogP contribution in [0.3, 0.4) is 0 Å². The summed E-state index contributed by atoms with van der Waals surface area (Å²) in [6.07, 6.45) is 4.55. The number of amides is 2. The van der Waals surface area contributed by atoms with Crippen molar-refractivity contribution in [2.75, 3.05) is 13.6 Å². The molecule has 1 aliphatic heterocycles. The Labute approximate surface area is 124 Å². The minimum absolute atomic E-state index is 0.0509. The van der Waals surface area contributed by atoms with Crippen LogP contribution in [-0.2, 0) is 9.59 Å². The zero-order valence-corrected chi connectivity index (χ0v) is 13.0. The van der Waals surface area contributed by atoms with Gasteiger partial charge in [0.05, 0.1) is 0 Å². The largest absolute Gasteiger partial charge is 0.348 e. The highest BCUT2D eigenvalue weighted by Crippen LogP contribution is 2.20. The van der Waals surface area contributed by atoms with Crippen LogP contribution in [0.15, 0.2) is 22.0 Å². The van der Waals surface area contributed by atoms with E-state index in [1.54, 1.807) is 29.4 Å². The van der Waals surface area contributed by atoms with Gasteiger partial charge in [-0.3, -0.25) is 9.59 Å². The molecule has 0 aromatic carbocycles. The monoisotopic (exact) mass is 342 g/mol. The van der Waals surface area contributed by atoms with E-state index in [0.29, 0.717) is 19.4 Å². The number of hydrogen-bond donors (Lipinski definition) is 1. The van der Waals surface area contributed by atoms with E-state index in [4.69, 9.17) is 0 Å². The molecule has 1 saturated heterocycles. The van der Waals surface area contributed by atoms with Gasteiger partial charge in [-0.1, -0.05) is 0 Å². The maximum absolute atomic E-state index is 11.8. The molecule has 102 valence electrons. The van der Waals surface area contributed by atoms with Crippen molar-refractivity contribution in [2.24, 2.45) is 0 Å². The average molecular weight is 343 g/mol. The summed E-state index contributed by atoms with van der Waals surface area (Å²) >= 11 is 4.94. The molecule has 19 heavy (non-hydrogen) atoms. The number of likely N-dealkylation sites (tertiary alicyclic amines) is 1. The topological polar surface area (TPSA) is 49.4 Å². The summed E-state index contributed by atoms with van der Waals surface area (Å²) < 4.78 is 1.02. The van der Waals surface area contributed by atoms with Crippen molar-refractivity contribution in [1.29, 1.82) is 0 Å². The van der Waals surface area contributed by atoms with Crippen LogP contribution in [0.1, 0.15) is 17.7 Å². The molecule has 0 aliphatic carbocycles. The van der Waals surface area contributed by atoms with E-state index in [1.165, 1.54) is 6.08 Å². The molecule has 1 aromatic rings. The van der Waals surface area contributed by atoms with Crippen molar-refractivity contribution in [2.45, 2.75) is 18.9 Å². The lowest BCUT2D eigenvalue weighted by Gasteiger charge is -2.29. The first-order valence-electron chi connectivity index (χ1n) is 6.01. The summed E-state index contributed by atoms with van der Waals surface area (Å²) in [4.78, 5) is 25.8. The summed E-state index contributed by atoms with van der Waals surface area (Å²) in [7, 11) is 1.76. The predicted molar refractivity (Wildman–Crippen MR) is 79.9 cm³/mol. The van der Waals surface area contributed by atoms with Gasteiger partial charge in [0, 0.05) is 46.9 Å². The van der Waals surface area contributed by atoms with Crippen LogP contribution in [0.5, 0.6) is 0 Å². The summed E-state index contributed by atoms with van der Waals surface area (Å²) in [5.74, 6) is 0.0294. The third-order valence-electron chi connectivity index (χ3n) is 2.96. The Morgan fingerprint density at radius 1 is 1.63 bits per heavy atom. The molecule has 0 bridgehead atoms. The fourth-order valence-corrected chi connectivity index (χ4v) is 3.29. The van der Waals surface area contributed by atoms with Crippen LogP contribution in [0, 0.1) is 0 Å². The number of halogens is 1. The Hall–Kier alpha value is -1.14. The second kappa shape index (κ2) is 6.34. The van der Waals surface area contributed by atoms with Crippen LogP contribution in [0.4, 0.5) is 0 Å². The van der Waals surface area contributed by atoms with Crippen molar-refractivity contribution in [3.8, 4) is 0 Å². The number of nitrogens with one attached hydrogen (secondary N) is 1. The molecule has 2 amide bonds. The lowest BCUT2D eigenvalue weighted by Crippen LogP contribution is -2.48. The first kappa shape index (κ1) is 14.3. The second-order valence-corrected chi connectivity index (χ2v) is 6.38. The van der Waals surface area contributed by atoms with Crippen molar-refractivity contribution < 1.29 is 9.59 Å². The van der Waals surface area contributed by atoms with E-state index < -0.39 is 0 Å². The zero-order chi connectivity index (χ0) is 13.8. The maximum atomic E-state index is 11.8. The van der Waals surface area contributed by atoms with Crippen LogP contribution in [0.2, 0.25) is 0 Å². The molecule has 0 unspecified atom stereocenters. The standard InChI is InChI=1S/C13H15BrN2O2S/c1-16-7-10(2-5-13(16)18)15-12(17)4-3-11-6-9(14)8-19-11/h3-4,6,8,10H,2,5,7H2,1H3,(H,15,17)/b4-3+/t10-/m1/s1. The molecule has 1 fully saturated rings. The molecular weight excluding hydrogens is 328 g/mol. The first-order valence-corrected chi connectivity index (χ1v) is 7.68. The number of thiophene rings is 1. The predicted octanol–water partition coefficient (Wildman–Crippen LogP) is 2.26. The summed E-state index contributed by atoms with van der Waals surface area (Å²) in [5.41, 5.74) is 0. The Morgan fingerprint density at radius 3 is 3.05 bits per heavy atom. The summed E-state index contributed by atoms with van der Waals surface area (Å²) in [6.45, 7) is 0.586. The smallest absolute Gasteiger partial charge is 0.244 e. The van der Waals surface area contributed by atoms with E-state index in [0.717, 1.165) is 9.35 Å². The average Bonchev–Trinajstić information content (AvgIpc) is 2.77. The number of nitrogens with zero attached hydrogens (tertiary/aromatic N) is 1. The maximum Gasteiger partial charge on any atom is 0.244 e. The zero-order valence-electron chi connectivity index (χ0n) is 10.6. The molecule has 6 heteroatoms. The van der Waals surface area contributed by atoms with Gasteiger partial charge in [-0.2, -0.15) is 0 Å². The highest BCUT2D eigenvalue weighted by Gasteiger charge is 2.23. The third kappa shape index (κ3) is 4.18. The quantitative estimate of drug-likeness (QED) is 0.856. The van der Waals surface area contributed by atoms with Gasteiger partial charge in [-0.05, 0) is 34.5 Å². The van der Waals surface area contributed by atoms with Crippen LogP contribution in [-0.4, -0.2) is 36.3 Å². The fourth-order valence-electron chi connectivity index (χ4n) is 1.95. The number of likely N-dealkylation sites (N-methyl/N-ethyl adjacent to an activating group) is 1. The SMILES string of the molecule is CN1C[C@H](NC(=O)/C=C/c2cc(Br)cs2)CCC1=O. The van der Waals surface area contributed by atoms with Gasteiger partial charge in [-0.25, -0.2) is 0 Å². The van der Waals surface area contributed by atoms with Crippen molar-refractivity contribution >= 4 is 45.2 Å². The van der Waals surface area contributed by atoms with E-state index in [9.17, 15) is 9.59 Å². The number of piperidine rings is 1. The van der Waals surface area contributed by atoms with E-state index in [2.05, 4.69) is 21.2 Å². The molecule has 4 nitrogen and oxygen atoms in total. The van der Waals surface area contributed by atoms with Gasteiger partial charge < -0.3 is 10.2 Å². The molecule has 1 aromatic heterocycles. The van der Waals surface area contributed by atoms with Gasteiger partial charge >= 0.3 is 0 Å². The highest BCUT2D eigenvalue weighted by atomic mass is 79.9. The number of carbonyl (C=O) groups excluding carboxylic acids is 2. The summed E-state index contributed by atoms with van der Waals surface area (Å²) in [6, 6.07) is 2.01. The van der Waals surface area contributed by atoms with Gasteiger partial charge in [0.2, 0.25) is 11.8 Å². The minimum atomic E-state index is -0.114. The van der Waals surface area contributed by atoms with Crippen molar-refractivity contribution in [3.05, 3.63) is 26.9 Å². The van der Waals surface area contributed by atoms with Crippen LogP contribution >= 0.6 is 27.3 Å². The first-order chi connectivity index (χ1) is 9.04. The van der Waals surface area contributed by atoms with Crippen LogP contribution in [0.25, 0.3) is 6.08 Å². The van der Waals surface area contributed by atoms with Crippen molar-refractivity contribution in [1.82, 2.24) is 10.2 Å². The Bertz CT molecular complexity index is 512. The lowest BCUT2D eigenvalue weighted by atomic mass is 10.1. The van der Waals surface area contributed by atoms with Gasteiger partial charge in [-0.15, -0.1) is 11.3 Å². The summed E-state index contributed by atoms with van der Waals surface area (Å²) in [5, 5.41) is 4.89. The molecule has 0 saturated carbocycles. The van der Waals surface area contributed by atoms with E-state index in [-0.39, 0.29) is 17.9 Å². The molecule has 0 spiro atoms. The van der Waals surface area contributed by atoms with Crippen molar-refractivity contribution in [3.63, 3.8) is 0 Å². The number of carbonyl (C=O) groups is 2. The highest BCUT2D eigenvalue weighted by molar-refractivity contribution is 9.10. The fraction of sp³-hybridized carbons (Fsp3) is 0.385. The normalized spacial score (nSPS) is 20.0. The Morgan fingerprint density at radius 2 is 2.42 bits per heavy atom. The number of hydrogen-bond acceptors (Lipinski definition) is 3. The third-order valence-corrected chi connectivity index (χ3v) is 4.62. The minimum Gasteiger partial charge on any atom is -0.348 e. The molecule has 2 heterocycles. The molecule has 1 N–H and O–H groups in total. The molecular formula is C13H15BrN2O2S. The van der Waals surface area contributed by atoms with Crippen LogP contribution < -0.4 is 5.32 Å². The lowest BCUT2D eigenvalue weighted by molar-refractivity contribution is -0.133. The molecule has 1 atom stereocenters.